The second-order valence-corrected chi connectivity index (χ2v) is 5.90. The summed E-state index contributed by atoms with van der Waals surface area (Å²) in [4.78, 5) is 22.9. The zero-order chi connectivity index (χ0) is 17.5. The first-order chi connectivity index (χ1) is 11.5. The van der Waals surface area contributed by atoms with Gasteiger partial charge in [-0.05, 0) is 12.1 Å². The van der Waals surface area contributed by atoms with Crippen molar-refractivity contribution in [3.63, 3.8) is 0 Å². The fraction of sp³-hybridized carbons (Fsp3) is 0.333. The number of aromatic nitrogens is 3. The second-order valence-electron chi connectivity index (χ2n) is 4.96. The van der Waals surface area contributed by atoms with Crippen LogP contribution in [0.15, 0.2) is 29.4 Å². The lowest BCUT2D eigenvalue weighted by Gasteiger charge is -2.09. The van der Waals surface area contributed by atoms with Crippen LogP contribution in [0.3, 0.4) is 0 Å². The molecule has 24 heavy (non-hydrogen) atoms. The number of nitrogens with two attached hydrogens (primary N) is 1. The van der Waals surface area contributed by atoms with Gasteiger partial charge in [-0.25, -0.2) is 0 Å². The number of thioether (sulfide) groups is 1. The Kier molecular flexibility index (Phi) is 6.19. The first-order valence-electron chi connectivity index (χ1n) is 7.23. The van der Waals surface area contributed by atoms with E-state index in [4.69, 9.17) is 10.5 Å². The Morgan fingerprint density at radius 1 is 1.33 bits per heavy atom. The van der Waals surface area contributed by atoms with Crippen LogP contribution < -0.4 is 15.8 Å². The number of methoxy groups -OCH3 is 1. The quantitative estimate of drug-likeness (QED) is 0.687. The zero-order valence-electron chi connectivity index (χ0n) is 13.5. The van der Waals surface area contributed by atoms with E-state index in [-0.39, 0.29) is 24.0 Å². The van der Waals surface area contributed by atoms with Gasteiger partial charge in [0.15, 0.2) is 5.16 Å². The zero-order valence-corrected chi connectivity index (χ0v) is 14.3. The number of hydrogen-bond donors (Lipinski definition) is 2. The van der Waals surface area contributed by atoms with Crippen molar-refractivity contribution in [3.8, 4) is 5.75 Å². The maximum atomic E-state index is 12.1. The second kappa shape index (κ2) is 8.34. The van der Waals surface area contributed by atoms with E-state index >= 15 is 0 Å². The third-order valence-electron chi connectivity index (χ3n) is 3.23. The number of primary amides is 1. The maximum Gasteiger partial charge on any atom is 0.234 e. The first-order valence-corrected chi connectivity index (χ1v) is 8.22. The van der Waals surface area contributed by atoms with E-state index in [2.05, 4.69) is 15.5 Å². The molecule has 2 amide bonds. The van der Waals surface area contributed by atoms with Gasteiger partial charge in [-0.3, -0.25) is 9.59 Å². The van der Waals surface area contributed by atoms with Crippen LogP contribution in [0.2, 0.25) is 0 Å². The van der Waals surface area contributed by atoms with E-state index in [0.29, 0.717) is 28.8 Å². The smallest absolute Gasteiger partial charge is 0.234 e. The molecule has 8 nitrogen and oxygen atoms in total. The van der Waals surface area contributed by atoms with Crippen molar-refractivity contribution < 1.29 is 14.3 Å². The maximum absolute atomic E-state index is 12.1. The Labute approximate surface area is 143 Å². The Morgan fingerprint density at radius 3 is 2.79 bits per heavy atom. The van der Waals surface area contributed by atoms with Gasteiger partial charge in [0.2, 0.25) is 11.8 Å². The number of rotatable bonds is 8. The fourth-order valence-electron chi connectivity index (χ4n) is 1.99. The predicted molar refractivity (Wildman–Crippen MR) is 90.9 cm³/mol. The van der Waals surface area contributed by atoms with Crippen molar-refractivity contribution in [1.82, 2.24) is 14.8 Å². The normalized spacial score (nSPS) is 10.4. The summed E-state index contributed by atoms with van der Waals surface area (Å²) in [7, 11) is 3.34. The number of ether oxygens (including phenoxy) is 1. The number of aryl methyl sites for hydroxylation is 1. The van der Waals surface area contributed by atoms with Crippen LogP contribution in [-0.4, -0.2) is 39.4 Å². The monoisotopic (exact) mass is 349 g/mol. The van der Waals surface area contributed by atoms with E-state index in [1.807, 2.05) is 12.1 Å². The van der Waals surface area contributed by atoms with Crippen molar-refractivity contribution in [2.75, 3.05) is 18.2 Å². The van der Waals surface area contributed by atoms with E-state index in [1.165, 1.54) is 11.8 Å². The molecule has 0 aliphatic heterocycles. The molecule has 0 aliphatic rings. The summed E-state index contributed by atoms with van der Waals surface area (Å²) < 4.78 is 6.95. The molecular formula is C15H19N5O3S. The summed E-state index contributed by atoms with van der Waals surface area (Å²) in [5.41, 5.74) is 5.74. The van der Waals surface area contributed by atoms with Gasteiger partial charge < -0.3 is 20.4 Å². The number of carbonyl (C=O) groups is 2. The molecule has 0 unspecified atom stereocenters. The van der Waals surface area contributed by atoms with Gasteiger partial charge >= 0.3 is 0 Å². The van der Waals surface area contributed by atoms with Crippen molar-refractivity contribution in [1.29, 1.82) is 0 Å². The van der Waals surface area contributed by atoms with Crippen molar-refractivity contribution in [3.05, 3.63) is 30.1 Å². The summed E-state index contributed by atoms with van der Waals surface area (Å²) >= 11 is 1.26. The van der Waals surface area contributed by atoms with Crippen LogP contribution in [0.25, 0.3) is 0 Å². The average molecular weight is 349 g/mol. The third-order valence-corrected chi connectivity index (χ3v) is 4.25. The highest BCUT2D eigenvalue weighted by Crippen LogP contribution is 2.24. The molecule has 3 N–H and O–H groups in total. The van der Waals surface area contributed by atoms with E-state index in [0.717, 1.165) is 0 Å². The van der Waals surface area contributed by atoms with Gasteiger partial charge in [-0.1, -0.05) is 23.9 Å². The molecule has 2 aromatic rings. The Morgan fingerprint density at radius 2 is 2.08 bits per heavy atom. The Bertz CT molecular complexity index is 732. The molecule has 0 radical (unpaired) electrons. The molecule has 2 rings (SSSR count). The molecule has 128 valence electrons. The topological polar surface area (TPSA) is 112 Å². The highest BCUT2D eigenvalue weighted by molar-refractivity contribution is 7.99. The van der Waals surface area contributed by atoms with Crippen LogP contribution in [0.1, 0.15) is 12.2 Å². The molecule has 0 aliphatic carbocycles. The highest BCUT2D eigenvalue weighted by atomic mass is 32.2. The minimum absolute atomic E-state index is 0.175. The molecule has 0 atom stereocenters. The number of anilines is 1. The minimum Gasteiger partial charge on any atom is -0.495 e. The SMILES string of the molecule is COc1ccccc1NC(=O)CSc1nnc(CCC(N)=O)n1C. The largest absolute Gasteiger partial charge is 0.495 e. The van der Waals surface area contributed by atoms with Crippen LogP contribution in [0.4, 0.5) is 5.69 Å². The van der Waals surface area contributed by atoms with Crippen molar-refractivity contribution in [2.24, 2.45) is 12.8 Å². The number of benzene rings is 1. The molecule has 0 fully saturated rings. The number of nitrogens with one attached hydrogen (secondary N) is 1. The Hall–Kier alpha value is -2.55. The van der Waals surface area contributed by atoms with E-state index < -0.39 is 0 Å². The van der Waals surface area contributed by atoms with Crippen molar-refractivity contribution >= 4 is 29.3 Å². The highest BCUT2D eigenvalue weighted by Gasteiger charge is 2.13. The molecule has 0 bridgehead atoms. The molecule has 0 spiro atoms. The molecule has 1 aromatic heterocycles. The fourth-order valence-corrected chi connectivity index (χ4v) is 2.72. The summed E-state index contributed by atoms with van der Waals surface area (Å²) in [6.07, 6.45) is 0.637. The number of carbonyl (C=O) groups excluding carboxylic acids is 2. The van der Waals surface area contributed by atoms with E-state index in [1.54, 1.807) is 30.9 Å². The van der Waals surface area contributed by atoms with Crippen LogP contribution >= 0.6 is 11.8 Å². The summed E-state index contributed by atoms with van der Waals surface area (Å²) in [5, 5.41) is 11.4. The summed E-state index contributed by atoms with van der Waals surface area (Å²) in [6, 6.07) is 7.19. The molecule has 1 aromatic carbocycles. The average Bonchev–Trinajstić information content (AvgIpc) is 2.91. The first kappa shape index (κ1) is 17.8. The van der Waals surface area contributed by atoms with Gasteiger partial charge in [0.1, 0.15) is 11.6 Å². The number of nitrogens with zero attached hydrogens (tertiary/aromatic N) is 3. The predicted octanol–water partition coefficient (Wildman–Crippen LogP) is 0.972. The van der Waals surface area contributed by atoms with Gasteiger partial charge in [0.05, 0.1) is 18.6 Å². The Balaban J connectivity index is 1.91. The lowest BCUT2D eigenvalue weighted by atomic mass is 10.3. The molecular weight excluding hydrogens is 330 g/mol. The standard InChI is InChI=1S/C15H19N5O3S/c1-20-13(8-7-12(16)21)18-19-15(20)24-9-14(22)17-10-5-3-4-6-11(10)23-2/h3-6H,7-9H2,1-2H3,(H2,16,21)(H,17,22). The minimum atomic E-state index is -0.386. The number of hydrogen-bond acceptors (Lipinski definition) is 6. The lowest BCUT2D eigenvalue weighted by molar-refractivity contribution is -0.118. The summed E-state index contributed by atoms with van der Waals surface area (Å²) in [6.45, 7) is 0. The third kappa shape index (κ3) is 4.72. The van der Waals surface area contributed by atoms with Crippen LogP contribution in [0.5, 0.6) is 5.75 Å². The van der Waals surface area contributed by atoms with Crippen molar-refractivity contribution in [2.45, 2.75) is 18.0 Å². The molecule has 0 saturated carbocycles. The molecule has 0 saturated heterocycles. The number of para-hydroxylation sites is 2. The van der Waals surface area contributed by atoms with Gasteiger partial charge in [0, 0.05) is 19.9 Å². The van der Waals surface area contributed by atoms with Crippen LogP contribution in [0, 0.1) is 0 Å². The van der Waals surface area contributed by atoms with Gasteiger partial charge in [-0.15, -0.1) is 10.2 Å². The van der Waals surface area contributed by atoms with Crippen LogP contribution in [-0.2, 0) is 23.1 Å². The summed E-state index contributed by atoms with van der Waals surface area (Å²) in [5.74, 6) is 0.874. The number of amides is 2. The van der Waals surface area contributed by atoms with Gasteiger partial charge in [-0.2, -0.15) is 0 Å². The lowest BCUT2D eigenvalue weighted by Crippen LogP contribution is -2.15. The van der Waals surface area contributed by atoms with E-state index in [9.17, 15) is 9.59 Å². The molecule has 9 heteroatoms. The molecule has 1 heterocycles. The van der Waals surface area contributed by atoms with Gasteiger partial charge in [0.25, 0.3) is 0 Å².